The molecule has 102 valence electrons. The molecule has 1 aliphatic heterocycles. The van der Waals surface area contributed by atoms with Crippen molar-refractivity contribution in [3.63, 3.8) is 0 Å². The number of anilines is 1. The van der Waals surface area contributed by atoms with E-state index in [4.69, 9.17) is 0 Å². The molecule has 1 heterocycles. The molecule has 2 atom stereocenters. The van der Waals surface area contributed by atoms with Crippen LogP contribution in [-0.2, 0) is 9.59 Å². The number of carbonyl (C=O) groups is 2. The Balaban J connectivity index is 2.28. The van der Waals surface area contributed by atoms with Crippen molar-refractivity contribution in [3.8, 4) is 0 Å². The van der Waals surface area contributed by atoms with Gasteiger partial charge in [0.05, 0.1) is 5.69 Å². The largest absolute Gasteiger partial charge is 0.310 e. The van der Waals surface area contributed by atoms with Crippen LogP contribution < -0.4 is 10.2 Å². The molecule has 2 rings (SSSR count). The van der Waals surface area contributed by atoms with Crippen LogP contribution >= 0.6 is 0 Å². The quantitative estimate of drug-likeness (QED) is 0.845. The summed E-state index contributed by atoms with van der Waals surface area (Å²) in [5.74, 6) is -0.411. The fourth-order valence-electron chi connectivity index (χ4n) is 2.41. The number of carbonyl (C=O) groups excluding carboxylic acids is 2. The van der Waals surface area contributed by atoms with E-state index in [0.29, 0.717) is 12.1 Å². The standard InChI is InChI=1S/C15H20N2O2/c1-4-16-11(3)12-6-5-7-13(9-12)17-14(18)8-10(2)15(17)19/h5-7,9-11,16H,4,8H2,1-3H3. The second-order valence-electron chi connectivity index (χ2n) is 5.05. The van der Waals surface area contributed by atoms with E-state index >= 15 is 0 Å². The molecular formula is C15H20N2O2. The van der Waals surface area contributed by atoms with Crippen molar-refractivity contribution >= 4 is 17.5 Å². The molecule has 1 saturated heterocycles. The van der Waals surface area contributed by atoms with E-state index in [1.807, 2.05) is 24.3 Å². The van der Waals surface area contributed by atoms with Gasteiger partial charge in [-0.15, -0.1) is 0 Å². The number of hydrogen-bond acceptors (Lipinski definition) is 3. The minimum Gasteiger partial charge on any atom is -0.310 e. The Morgan fingerprint density at radius 1 is 1.42 bits per heavy atom. The van der Waals surface area contributed by atoms with Gasteiger partial charge in [0.2, 0.25) is 11.8 Å². The van der Waals surface area contributed by atoms with E-state index in [9.17, 15) is 9.59 Å². The van der Waals surface area contributed by atoms with Crippen LogP contribution in [0.5, 0.6) is 0 Å². The van der Waals surface area contributed by atoms with E-state index in [0.717, 1.165) is 12.1 Å². The molecule has 1 aromatic rings. The topological polar surface area (TPSA) is 49.4 Å². The summed E-state index contributed by atoms with van der Waals surface area (Å²) in [6.45, 7) is 6.80. The molecule has 1 fully saturated rings. The van der Waals surface area contributed by atoms with Gasteiger partial charge in [0.25, 0.3) is 0 Å². The maximum atomic E-state index is 12.0. The number of nitrogens with one attached hydrogen (secondary N) is 1. The normalized spacial score (nSPS) is 21.0. The first kappa shape index (κ1) is 13.7. The minimum absolute atomic E-state index is 0.0988. The lowest BCUT2D eigenvalue weighted by Crippen LogP contribution is -2.30. The minimum atomic E-state index is -0.206. The van der Waals surface area contributed by atoms with Crippen LogP contribution in [0.4, 0.5) is 5.69 Å². The summed E-state index contributed by atoms with van der Waals surface area (Å²) in [7, 11) is 0. The maximum Gasteiger partial charge on any atom is 0.237 e. The van der Waals surface area contributed by atoms with Gasteiger partial charge in [-0.3, -0.25) is 14.5 Å². The highest BCUT2D eigenvalue weighted by molar-refractivity contribution is 6.20. The third kappa shape index (κ3) is 2.68. The molecule has 0 aromatic heterocycles. The molecule has 1 aromatic carbocycles. The summed E-state index contributed by atoms with van der Waals surface area (Å²) >= 11 is 0. The van der Waals surface area contributed by atoms with Gasteiger partial charge >= 0.3 is 0 Å². The van der Waals surface area contributed by atoms with Gasteiger partial charge in [-0.25, -0.2) is 0 Å². The SMILES string of the molecule is CCNC(C)c1cccc(N2C(=O)CC(C)C2=O)c1. The van der Waals surface area contributed by atoms with Crippen molar-refractivity contribution in [1.82, 2.24) is 5.32 Å². The molecular weight excluding hydrogens is 240 g/mol. The lowest BCUT2D eigenvalue weighted by molar-refractivity contribution is -0.122. The maximum absolute atomic E-state index is 12.0. The van der Waals surface area contributed by atoms with Crippen molar-refractivity contribution < 1.29 is 9.59 Å². The lowest BCUT2D eigenvalue weighted by atomic mass is 10.1. The summed E-state index contributed by atoms with van der Waals surface area (Å²) in [5, 5.41) is 3.32. The van der Waals surface area contributed by atoms with Gasteiger partial charge in [-0.2, -0.15) is 0 Å². The lowest BCUT2D eigenvalue weighted by Gasteiger charge is -2.18. The van der Waals surface area contributed by atoms with Gasteiger partial charge in [0.15, 0.2) is 0 Å². The number of imide groups is 1. The zero-order chi connectivity index (χ0) is 14.0. The van der Waals surface area contributed by atoms with Crippen molar-refractivity contribution in [2.75, 3.05) is 11.4 Å². The number of rotatable bonds is 4. The molecule has 0 aliphatic carbocycles. The Bertz CT molecular complexity index is 499. The average molecular weight is 260 g/mol. The fraction of sp³-hybridized carbons (Fsp3) is 0.467. The van der Waals surface area contributed by atoms with Crippen LogP contribution in [0.2, 0.25) is 0 Å². The second kappa shape index (κ2) is 5.53. The molecule has 0 spiro atoms. The number of nitrogens with zero attached hydrogens (tertiary/aromatic N) is 1. The Morgan fingerprint density at radius 3 is 2.74 bits per heavy atom. The highest BCUT2D eigenvalue weighted by Crippen LogP contribution is 2.28. The highest BCUT2D eigenvalue weighted by atomic mass is 16.2. The highest BCUT2D eigenvalue weighted by Gasteiger charge is 2.36. The zero-order valence-corrected chi connectivity index (χ0v) is 11.6. The number of amides is 2. The summed E-state index contributed by atoms with van der Waals surface area (Å²) in [6.07, 6.45) is 0.311. The molecule has 0 bridgehead atoms. The van der Waals surface area contributed by atoms with Crippen LogP contribution in [0.15, 0.2) is 24.3 Å². The Morgan fingerprint density at radius 2 is 2.16 bits per heavy atom. The van der Waals surface area contributed by atoms with E-state index in [1.165, 1.54) is 4.90 Å². The molecule has 2 unspecified atom stereocenters. The van der Waals surface area contributed by atoms with E-state index in [2.05, 4.69) is 19.2 Å². The monoisotopic (exact) mass is 260 g/mol. The summed E-state index contributed by atoms with van der Waals surface area (Å²) in [5.41, 5.74) is 1.76. The first-order valence-corrected chi connectivity index (χ1v) is 6.74. The van der Waals surface area contributed by atoms with E-state index in [1.54, 1.807) is 6.92 Å². The fourth-order valence-corrected chi connectivity index (χ4v) is 2.41. The van der Waals surface area contributed by atoms with Crippen molar-refractivity contribution in [2.24, 2.45) is 5.92 Å². The van der Waals surface area contributed by atoms with Gasteiger partial charge in [0, 0.05) is 18.4 Å². The number of benzene rings is 1. The molecule has 0 saturated carbocycles. The van der Waals surface area contributed by atoms with Crippen LogP contribution in [-0.4, -0.2) is 18.4 Å². The van der Waals surface area contributed by atoms with Crippen LogP contribution in [0.25, 0.3) is 0 Å². The average Bonchev–Trinajstić information content (AvgIpc) is 2.64. The predicted octanol–water partition coefficient (Wildman–Crippen LogP) is 2.26. The Kier molecular flexibility index (Phi) is 4.00. The zero-order valence-electron chi connectivity index (χ0n) is 11.6. The van der Waals surface area contributed by atoms with Crippen LogP contribution in [0.3, 0.4) is 0 Å². The number of hydrogen-bond donors (Lipinski definition) is 1. The van der Waals surface area contributed by atoms with E-state index in [-0.39, 0.29) is 23.8 Å². The molecule has 4 heteroatoms. The summed E-state index contributed by atoms with van der Waals surface area (Å²) in [6, 6.07) is 7.83. The predicted molar refractivity (Wildman–Crippen MR) is 74.8 cm³/mol. The first-order valence-electron chi connectivity index (χ1n) is 6.74. The molecule has 19 heavy (non-hydrogen) atoms. The van der Waals surface area contributed by atoms with Crippen LogP contribution in [0, 0.1) is 5.92 Å². The molecule has 1 aliphatic rings. The smallest absolute Gasteiger partial charge is 0.237 e. The van der Waals surface area contributed by atoms with Crippen LogP contribution in [0.1, 0.15) is 38.8 Å². The summed E-state index contributed by atoms with van der Waals surface area (Å²) < 4.78 is 0. The van der Waals surface area contributed by atoms with Gasteiger partial charge in [0.1, 0.15) is 0 Å². The molecule has 1 N–H and O–H groups in total. The molecule has 2 amide bonds. The molecule has 0 radical (unpaired) electrons. The molecule has 4 nitrogen and oxygen atoms in total. The Labute approximate surface area is 113 Å². The Hall–Kier alpha value is -1.68. The third-order valence-corrected chi connectivity index (χ3v) is 3.51. The third-order valence-electron chi connectivity index (χ3n) is 3.51. The van der Waals surface area contributed by atoms with Gasteiger partial charge in [-0.1, -0.05) is 26.0 Å². The van der Waals surface area contributed by atoms with Gasteiger partial charge in [-0.05, 0) is 31.2 Å². The van der Waals surface area contributed by atoms with E-state index < -0.39 is 0 Å². The van der Waals surface area contributed by atoms with Crippen molar-refractivity contribution in [1.29, 1.82) is 0 Å². The first-order chi connectivity index (χ1) is 9.04. The summed E-state index contributed by atoms with van der Waals surface area (Å²) in [4.78, 5) is 25.2. The van der Waals surface area contributed by atoms with Gasteiger partial charge < -0.3 is 5.32 Å². The second-order valence-corrected chi connectivity index (χ2v) is 5.05. The van der Waals surface area contributed by atoms with Crippen molar-refractivity contribution in [2.45, 2.75) is 33.2 Å². The van der Waals surface area contributed by atoms with Crippen molar-refractivity contribution in [3.05, 3.63) is 29.8 Å².